The Bertz CT molecular complexity index is 648. The Morgan fingerprint density at radius 3 is 2.55 bits per heavy atom. The number of aliphatic hydroxyl groups excluding tert-OH is 1. The summed E-state index contributed by atoms with van der Waals surface area (Å²) in [7, 11) is -2.04. The topological polar surface area (TPSA) is 74.2 Å². The fraction of sp³-hybridized carbons (Fsp3) is 0.773. The summed E-state index contributed by atoms with van der Waals surface area (Å²) in [6.07, 6.45) is 7.24. The van der Waals surface area contributed by atoms with Crippen LogP contribution in [0, 0.1) is 0 Å². The Morgan fingerprint density at radius 1 is 1.34 bits per heavy atom. The molecule has 0 aromatic heterocycles. The van der Waals surface area contributed by atoms with E-state index in [0.717, 1.165) is 0 Å². The van der Waals surface area contributed by atoms with E-state index in [-0.39, 0.29) is 35.9 Å². The van der Waals surface area contributed by atoms with Gasteiger partial charge in [-0.15, -0.1) is 0 Å². The zero-order valence-corrected chi connectivity index (χ0v) is 20.2. The molecule has 29 heavy (non-hydrogen) atoms. The molecule has 0 unspecified atom stereocenters. The summed E-state index contributed by atoms with van der Waals surface area (Å²) >= 11 is 0. The Labute approximate surface area is 176 Å². The molecule has 0 aromatic rings. The predicted molar refractivity (Wildman–Crippen MR) is 115 cm³/mol. The lowest BCUT2D eigenvalue weighted by Gasteiger charge is -2.40. The van der Waals surface area contributed by atoms with Crippen LogP contribution in [0.25, 0.3) is 0 Å². The van der Waals surface area contributed by atoms with E-state index in [2.05, 4.69) is 33.9 Å². The molecule has 0 bridgehead atoms. The van der Waals surface area contributed by atoms with Crippen molar-refractivity contribution in [2.75, 3.05) is 6.61 Å². The minimum absolute atomic E-state index is 0.0499. The van der Waals surface area contributed by atoms with Crippen LogP contribution >= 0.6 is 0 Å². The zero-order chi connectivity index (χ0) is 22.1. The van der Waals surface area contributed by atoms with Gasteiger partial charge in [0.25, 0.3) is 0 Å². The summed E-state index contributed by atoms with van der Waals surface area (Å²) in [6, 6.07) is 0. The van der Waals surface area contributed by atoms with Gasteiger partial charge in [-0.1, -0.05) is 32.9 Å². The number of carbonyl (C=O) groups is 1. The molecule has 1 saturated heterocycles. The van der Waals surface area contributed by atoms with Gasteiger partial charge in [-0.2, -0.15) is 0 Å². The minimum Gasteiger partial charge on any atom is -0.455 e. The predicted octanol–water partition coefficient (Wildman–Crippen LogP) is 4.10. The summed E-state index contributed by atoms with van der Waals surface area (Å²) in [5.41, 5.74) is -0.721. The molecular formula is C22H38O6Si. The fourth-order valence-corrected chi connectivity index (χ4v) is 4.80. The number of esters is 1. The van der Waals surface area contributed by atoms with E-state index in [4.69, 9.17) is 18.6 Å². The van der Waals surface area contributed by atoms with Gasteiger partial charge in [0.1, 0.15) is 11.7 Å². The van der Waals surface area contributed by atoms with Crippen LogP contribution in [-0.4, -0.2) is 55.7 Å². The SMILES string of the molecule is CC1(C)O[C@H](C[C@H](CO)O[Si](C)(C)C(C)(C)C)[C@@](C)(/C=C/[C@H]2CC=CC(=O)O2)O1. The third-order valence-corrected chi connectivity index (χ3v) is 10.5. The molecule has 2 aliphatic rings. The first-order valence-electron chi connectivity index (χ1n) is 10.4. The van der Waals surface area contributed by atoms with Crippen molar-refractivity contribution < 1.29 is 28.5 Å². The number of cyclic esters (lactones) is 1. The first-order chi connectivity index (χ1) is 13.2. The zero-order valence-electron chi connectivity index (χ0n) is 19.2. The highest BCUT2D eigenvalue weighted by atomic mass is 28.4. The minimum atomic E-state index is -2.04. The summed E-state index contributed by atoms with van der Waals surface area (Å²) in [6.45, 7) is 16.5. The monoisotopic (exact) mass is 426 g/mol. The van der Waals surface area contributed by atoms with Crippen LogP contribution in [0.4, 0.5) is 0 Å². The summed E-state index contributed by atoms with van der Waals surface area (Å²) in [5, 5.41) is 10.0. The van der Waals surface area contributed by atoms with Crippen LogP contribution in [0.2, 0.25) is 18.1 Å². The van der Waals surface area contributed by atoms with E-state index in [0.29, 0.717) is 12.8 Å². The third-order valence-electron chi connectivity index (χ3n) is 6.01. The molecule has 0 aromatic carbocycles. The molecule has 2 aliphatic heterocycles. The molecule has 1 N–H and O–H groups in total. The van der Waals surface area contributed by atoms with Crippen molar-refractivity contribution in [2.24, 2.45) is 0 Å². The highest BCUT2D eigenvalue weighted by molar-refractivity contribution is 6.74. The van der Waals surface area contributed by atoms with Gasteiger partial charge in [0.2, 0.25) is 0 Å². The molecule has 1 fully saturated rings. The van der Waals surface area contributed by atoms with Crippen molar-refractivity contribution >= 4 is 14.3 Å². The Balaban J connectivity index is 2.15. The molecule has 0 radical (unpaired) electrons. The van der Waals surface area contributed by atoms with Gasteiger partial charge in [0.15, 0.2) is 14.1 Å². The Hall–Kier alpha value is -0.993. The number of hydrogen-bond donors (Lipinski definition) is 1. The quantitative estimate of drug-likeness (QED) is 0.375. The van der Waals surface area contributed by atoms with Gasteiger partial charge in [-0.05, 0) is 45.0 Å². The molecule has 166 valence electrons. The van der Waals surface area contributed by atoms with E-state index < -0.39 is 19.7 Å². The van der Waals surface area contributed by atoms with E-state index in [1.165, 1.54) is 6.08 Å². The number of hydrogen-bond acceptors (Lipinski definition) is 6. The molecule has 0 saturated carbocycles. The van der Waals surface area contributed by atoms with Crippen molar-refractivity contribution in [3.63, 3.8) is 0 Å². The van der Waals surface area contributed by atoms with Gasteiger partial charge in [-0.3, -0.25) is 0 Å². The van der Waals surface area contributed by atoms with Gasteiger partial charge >= 0.3 is 5.97 Å². The molecule has 0 spiro atoms. The lowest BCUT2D eigenvalue weighted by Crippen LogP contribution is -2.47. The van der Waals surface area contributed by atoms with Crippen LogP contribution < -0.4 is 0 Å². The lowest BCUT2D eigenvalue weighted by atomic mass is 9.93. The smallest absolute Gasteiger partial charge is 0.331 e. The van der Waals surface area contributed by atoms with Crippen molar-refractivity contribution in [1.29, 1.82) is 0 Å². The van der Waals surface area contributed by atoms with Gasteiger partial charge in [0, 0.05) is 18.9 Å². The molecule has 4 atom stereocenters. The number of ether oxygens (including phenoxy) is 3. The van der Waals surface area contributed by atoms with Crippen LogP contribution in [0.3, 0.4) is 0 Å². The normalized spacial score (nSPS) is 31.3. The molecule has 2 rings (SSSR count). The molecule has 0 amide bonds. The summed E-state index contributed by atoms with van der Waals surface area (Å²) in [4.78, 5) is 11.5. The second-order valence-corrected chi connectivity index (χ2v) is 14.9. The number of rotatable bonds is 7. The first kappa shape index (κ1) is 24.3. The van der Waals surface area contributed by atoms with Gasteiger partial charge < -0.3 is 23.7 Å². The van der Waals surface area contributed by atoms with Crippen molar-refractivity contribution in [1.82, 2.24) is 0 Å². The van der Waals surface area contributed by atoms with E-state index >= 15 is 0 Å². The van der Waals surface area contributed by atoms with Crippen LogP contribution in [0.1, 0.15) is 54.4 Å². The maximum atomic E-state index is 11.5. The largest absolute Gasteiger partial charge is 0.455 e. The average molecular weight is 427 g/mol. The second-order valence-electron chi connectivity index (χ2n) is 10.2. The van der Waals surface area contributed by atoms with Crippen molar-refractivity contribution in [3.05, 3.63) is 24.3 Å². The molecule has 2 heterocycles. The standard InChI is InChI=1S/C22H38O6Si/c1-20(2,3)29(7,8)27-17(15-23)14-18-22(6,28-21(4,5)26-18)13-12-16-10-9-11-19(24)25-16/h9,11-13,16-18,23H,10,14-15H2,1-8H3/b13-12+/t16-,17-,18-,22-/m1/s1. The van der Waals surface area contributed by atoms with E-state index in [1.807, 2.05) is 39.0 Å². The molecule has 7 heteroatoms. The molecule has 0 aliphatic carbocycles. The third kappa shape index (κ3) is 6.24. The molecule has 6 nitrogen and oxygen atoms in total. The molecular weight excluding hydrogens is 388 g/mol. The highest BCUT2D eigenvalue weighted by Crippen LogP contribution is 2.42. The Kier molecular flexibility index (Phi) is 7.22. The maximum Gasteiger partial charge on any atom is 0.331 e. The number of aliphatic hydroxyl groups is 1. The Morgan fingerprint density at radius 2 is 2.00 bits per heavy atom. The maximum absolute atomic E-state index is 11.5. The van der Waals surface area contributed by atoms with E-state index in [1.54, 1.807) is 0 Å². The van der Waals surface area contributed by atoms with E-state index in [9.17, 15) is 9.90 Å². The van der Waals surface area contributed by atoms with Crippen LogP contribution in [0.15, 0.2) is 24.3 Å². The van der Waals surface area contributed by atoms with Crippen LogP contribution in [-0.2, 0) is 23.4 Å². The summed E-state index contributed by atoms with van der Waals surface area (Å²) < 4.78 is 24.2. The lowest BCUT2D eigenvalue weighted by molar-refractivity contribution is -0.155. The van der Waals surface area contributed by atoms with Gasteiger partial charge in [0.05, 0.1) is 18.8 Å². The average Bonchev–Trinajstić information content (AvgIpc) is 2.80. The number of carbonyl (C=O) groups excluding carboxylic acids is 1. The van der Waals surface area contributed by atoms with Gasteiger partial charge in [-0.25, -0.2) is 4.79 Å². The van der Waals surface area contributed by atoms with Crippen molar-refractivity contribution in [2.45, 2.75) is 102 Å². The van der Waals surface area contributed by atoms with Crippen molar-refractivity contribution in [3.8, 4) is 0 Å². The fourth-order valence-electron chi connectivity index (χ4n) is 3.45. The second kappa shape index (κ2) is 8.63. The van der Waals surface area contributed by atoms with Crippen LogP contribution in [0.5, 0.6) is 0 Å². The highest BCUT2D eigenvalue weighted by Gasteiger charge is 2.50. The summed E-state index contributed by atoms with van der Waals surface area (Å²) in [5.74, 6) is -1.09. The first-order valence-corrected chi connectivity index (χ1v) is 13.3.